The predicted octanol–water partition coefficient (Wildman–Crippen LogP) is 7.27. The molecule has 0 saturated carbocycles. The van der Waals surface area contributed by atoms with E-state index in [0.717, 1.165) is 30.2 Å². The monoisotopic (exact) mass is 430 g/mol. The minimum absolute atomic E-state index is 0.769. The molecule has 0 aliphatic heterocycles. The quantitative estimate of drug-likeness (QED) is 0.195. The van der Waals surface area contributed by atoms with Gasteiger partial charge >= 0.3 is 0 Å². The van der Waals surface area contributed by atoms with Crippen LogP contribution < -0.4 is 9.47 Å². The predicted molar refractivity (Wildman–Crippen MR) is 138 cm³/mol. The van der Waals surface area contributed by atoms with Crippen molar-refractivity contribution in [2.24, 2.45) is 0 Å². The van der Waals surface area contributed by atoms with Gasteiger partial charge in [-0.15, -0.1) is 0 Å². The second kappa shape index (κ2) is 9.17. The summed E-state index contributed by atoms with van der Waals surface area (Å²) in [7, 11) is 0. The van der Waals surface area contributed by atoms with Crippen molar-refractivity contribution < 1.29 is 4.57 Å². The number of allylic oxidation sites excluding steroid dienone is 1. The number of aryl methyl sites for hydroxylation is 1. The maximum absolute atomic E-state index is 4.00. The summed E-state index contributed by atoms with van der Waals surface area (Å²) < 4.78 is 4.74. The summed E-state index contributed by atoms with van der Waals surface area (Å²) in [4.78, 5) is 2.29. The Morgan fingerprint density at radius 2 is 1.27 bits per heavy atom. The average molecular weight is 431 g/mol. The second-order valence-corrected chi connectivity index (χ2v) is 8.01. The highest BCUT2D eigenvalue weighted by Crippen LogP contribution is 2.35. The number of aromatic nitrogens is 2. The second-order valence-electron chi connectivity index (χ2n) is 8.01. The molecule has 1 aromatic heterocycles. The summed E-state index contributed by atoms with van der Waals surface area (Å²) in [5.74, 6) is 1.20. The Balaban J connectivity index is 1.64. The van der Waals surface area contributed by atoms with Gasteiger partial charge in [-0.3, -0.25) is 0 Å². The van der Waals surface area contributed by atoms with Crippen molar-refractivity contribution >= 4 is 28.1 Å². The van der Waals surface area contributed by atoms with Crippen LogP contribution in [0.5, 0.6) is 0 Å². The zero-order valence-electron chi connectivity index (χ0n) is 18.9. The Hall–Kier alpha value is -4.11. The van der Waals surface area contributed by atoms with Gasteiger partial charge in [0.1, 0.15) is 6.54 Å². The van der Waals surface area contributed by atoms with E-state index < -0.39 is 0 Å². The number of para-hydroxylation sites is 4. The lowest BCUT2D eigenvalue weighted by Gasteiger charge is -2.25. The van der Waals surface area contributed by atoms with Gasteiger partial charge in [0, 0.05) is 17.1 Å². The summed E-state index contributed by atoms with van der Waals surface area (Å²) in [6, 6.07) is 38.5. The first-order chi connectivity index (χ1) is 16.3. The molecule has 0 saturated heterocycles. The Morgan fingerprint density at radius 1 is 0.727 bits per heavy atom. The van der Waals surface area contributed by atoms with Crippen LogP contribution in [0.4, 0.5) is 17.1 Å². The minimum atomic E-state index is 0.769. The molecule has 0 bridgehead atoms. The fourth-order valence-corrected chi connectivity index (χ4v) is 4.60. The smallest absolute Gasteiger partial charge is 0.290 e. The van der Waals surface area contributed by atoms with Crippen molar-refractivity contribution in [3.8, 4) is 11.4 Å². The third-order valence-electron chi connectivity index (χ3n) is 6.02. The highest BCUT2D eigenvalue weighted by Gasteiger charge is 2.25. The SMILES string of the molecule is C=CC[n+]1c(-c2ccc(N(c3ccccc3)c3ccccc3)cc2)n(CC)c2ccccc21. The van der Waals surface area contributed by atoms with Crippen LogP contribution in [0.1, 0.15) is 6.92 Å². The molecule has 3 heteroatoms. The largest absolute Gasteiger partial charge is 0.311 e. The van der Waals surface area contributed by atoms with Crippen LogP contribution in [-0.4, -0.2) is 4.57 Å². The summed E-state index contributed by atoms with van der Waals surface area (Å²) in [6.45, 7) is 7.88. The molecule has 5 aromatic rings. The van der Waals surface area contributed by atoms with Gasteiger partial charge in [-0.05, 0) is 67.6 Å². The molecule has 3 nitrogen and oxygen atoms in total. The van der Waals surface area contributed by atoms with E-state index in [2.05, 4.69) is 137 Å². The van der Waals surface area contributed by atoms with Crippen molar-refractivity contribution in [2.45, 2.75) is 20.0 Å². The van der Waals surface area contributed by atoms with Gasteiger partial charge in [-0.25, -0.2) is 9.13 Å². The molecule has 0 amide bonds. The first-order valence-electron chi connectivity index (χ1n) is 11.4. The lowest BCUT2D eigenvalue weighted by molar-refractivity contribution is -0.650. The van der Waals surface area contributed by atoms with Gasteiger partial charge in [0.05, 0.1) is 12.1 Å². The van der Waals surface area contributed by atoms with E-state index in [1.165, 1.54) is 22.4 Å². The topological polar surface area (TPSA) is 12.1 Å². The Bertz CT molecular complexity index is 1330. The molecule has 0 atom stereocenters. The van der Waals surface area contributed by atoms with E-state index in [0.29, 0.717) is 0 Å². The Morgan fingerprint density at radius 3 is 1.85 bits per heavy atom. The molecule has 0 aliphatic rings. The average Bonchev–Trinajstić information content (AvgIpc) is 3.20. The van der Waals surface area contributed by atoms with Crippen molar-refractivity contribution in [2.75, 3.05) is 4.90 Å². The van der Waals surface area contributed by atoms with Crippen LogP contribution in [0, 0.1) is 0 Å². The van der Waals surface area contributed by atoms with E-state index in [1.54, 1.807) is 0 Å². The number of imidazole rings is 1. The van der Waals surface area contributed by atoms with E-state index in [9.17, 15) is 0 Å². The van der Waals surface area contributed by atoms with Crippen molar-refractivity contribution in [1.29, 1.82) is 0 Å². The standard InChI is InChI=1S/C30H28N3/c1-3-23-32-29-18-12-11-17-28(29)31(4-2)30(32)24-19-21-27(22-20-24)33(25-13-7-5-8-14-25)26-15-9-6-10-16-26/h3,5-22H,1,4,23H2,2H3/q+1. The summed E-state index contributed by atoms with van der Waals surface area (Å²) >= 11 is 0. The first kappa shape index (κ1) is 20.8. The van der Waals surface area contributed by atoms with Gasteiger partial charge in [0.25, 0.3) is 5.82 Å². The molecule has 5 rings (SSSR count). The molecule has 0 radical (unpaired) electrons. The van der Waals surface area contributed by atoms with E-state index in [4.69, 9.17) is 0 Å². The van der Waals surface area contributed by atoms with Gasteiger partial charge < -0.3 is 4.90 Å². The first-order valence-corrected chi connectivity index (χ1v) is 11.4. The summed E-state index contributed by atoms with van der Waals surface area (Å²) in [5, 5.41) is 0. The zero-order valence-corrected chi connectivity index (χ0v) is 18.9. The number of hydrogen-bond donors (Lipinski definition) is 0. The number of anilines is 3. The lowest BCUT2D eigenvalue weighted by Crippen LogP contribution is -2.34. The molecule has 0 spiro atoms. The third-order valence-corrected chi connectivity index (χ3v) is 6.02. The highest BCUT2D eigenvalue weighted by molar-refractivity contribution is 5.79. The molecule has 162 valence electrons. The molecule has 4 aromatic carbocycles. The third kappa shape index (κ3) is 3.83. The van der Waals surface area contributed by atoms with Crippen LogP contribution in [0.3, 0.4) is 0 Å². The molecular weight excluding hydrogens is 402 g/mol. The van der Waals surface area contributed by atoms with Gasteiger partial charge in [-0.2, -0.15) is 0 Å². The molecular formula is C30H28N3+. The van der Waals surface area contributed by atoms with Gasteiger partial charge in [0.2, 0.25) is 0 Å². The van der Waals surface area contributed by atoms with Crippen LogP contribution in [0.2, 0.25) is 0 Å². The highest BCUT2D eigenvalue weighted by atomic mass is 15.2. The number of fused-ring (bicyclic) bond motifs is 1. The van der Waals surface area contributed by atoms with E-state index in [1.807, 2.05) is 6.08 Å². The Labute approximate surface area is 195 Å². The number of hydrogen-bond acceptors (Lipinski definition) is 1. The maximum Gasteiger partial charge on any atom is 0.290 e. The number of nitrogens with zero attached hydrogens (tertiary/aromatic N) is 3. The maximum atomic E-state index is 4.00. The Kier molecular flexibility index (Phi) is 5.77. The fraction of sp³-hybridized carbons (Fsp3) is 0.100. The van der Waals surface area contributed by atoms with Gasteiger partial charge in [0.15, 0.2) is 11.0 Å². The summed E-state index contributed by atoms with van der Waals surface area (Å²) in [6.07, 6.45) is 1.97. The van der Waals surface area contributed by atoms with E-state index >= 15 is 0 Å². The van der Waals surface area contributed by atoms with Crippen molar-refractivity contribution in [1.82, 2.24) is 4.57 Å². The molecule has 0 unspecified atom stereocenters. The van der Waals surface area contributed by atoms with Crippen LogP contribution in [-0.2, 0) is 13.1 Å². The van der Waals surface area contributed by atoms with Crippen molar-refractivity contribution in [3.05, 3.63) is 122 Å². The molecule has 33 heavy (non-hydrogen) atoms. The van der Waals surface area contributed by atoms with Crippen LogP contribution in [0.15, 0.2) is 122 Å². The molecule has 0 aliphatic carbocycles. The fourth-order valence-electron chi connectivity index (χ4n) is 4.60. The lowest BCUT2D eigenvalue weighted by atomic mass is 10.1. The summed E-state index contributed by atoms with van der Waals surface area (Å²) in [5.41, 5.74) is 7.08. The molecule has 0 N–H and O–H groups in total. The van der Waals surface area contributed by atoms with Gasteiger partial charge in [-0.1, -0.05) is 61.2 Å². The minimum Gasteiger partial charge on any atom is -0.311 e. The molecule has 0 fully saturated rings. The zero-order chi connectivity index (χ0) is 22.6. The normalized spacial score (nSPS) is 10.9. The molecule has 1 heterocycles. The van der Waals surface area contributed by atoms with Crippen molar-refractivity contribution in [3.63, 3.8) is 0 Å². The van der Waals surface area contributed by atoms with Crippen LogP contribution in [0.25, 0.3) is 22.4 Å². The van der Waals surface area contributed by atoms with Crippen LogP contribution >= 0.6 is 0 Å². The number of benzene rings is 4. The van der Waals surface area contributed by atoms with E-state index in [-0.39, 0.29) is 0 Å². The number of rotatable bonds is 7.